The van der Waals surface area contributed by atoms with Gasteiger partial charge in [0.15, 0.2) is 11.5 Å². The van der Waals surface area contributed by atoms with E-state index in [2.05, 4.69) is 19.2 Å². The first-order valence-electron chi connectivity index (χ1n) is 8.86. The summed E-state index contributed by atoms with van der Waals surface area (Å²) in [4.78, 5) is 11.8. The lowest BCUT2D eigenvalue weighted by atomic mass is 10.1. The Morgan fingerprint density at radius 3 is 2.52 bits per heavy atom. The highest BCUT2D eigenvalue weighted by atomic mass is 16.5. The molecule has 0 radical (unpaired) electrons. The van der Waals surface area contributed by atoms with Gasteiger partial charge >= 0.3 is 0 Å². The molecule has 0 fully saturated rings. The molecule has 0 aliphatic carbocycles. The van der Waals surface area contributed by atoms with Gasteiger partial charge in [0.2, 0.25) is 5.91 Å². The van der Waals surface area contributed by atoms with Crippen LogP contribution in [0, 0.1) is 0 Å². The highest BCUT2D eigenvalue weighted by Crippen LogP contribution is 2.29. The van der Waals surface area contributed by atoms with Crippen molar-refractivity contribution in [1.82, 2.24) is 5.32 Å². The van der Waals surface area contributed by atoms with Crippen LogP contribution >= 0.6 is 0 Å². The van der Waals surface area contributed by atoms with E-state index in [-0.39, 0.29) is 5.91 Å². The van der Waals surface area contributed by atoms with Crippen LogP contribution in [-0.4, -0.2) is 25.7 Å². The van der Waals surface area contributed by atoms with Gasteiger partial charge in [-0.25, -0.2) is 0 Å². The van der Waals surface area contributed by atoms with Crippen LogP contribution in [-0.2, 0) is 11.2 Å². The average Bonchev–Trinajstić information content (AvgIpc) is 2.55. The van der Waals surface area contributed by atoms with Gasteiger partial charge in [0, 0.05) is 13.0 Å². The number of unbranched alkanes of at least 4 members (excludes halogenated alkanes) is 2. The Morgan fingerprint density at radius 2 is 1.83 bits per heavy atom. The van der Waals surface area contributed by atoms with Crippen molar-refractivity contribution < 1.29 is 14.3 Å². The largest absolute Gasteiger partial charge is 0.490 e. The standard InChI is InChI=1S/C19H31NO3/c1-4-7-13-20-19(21)12-10-16-9-11-17(23-14-8-5-2)18(15-16)22-6-3/h9,11,15H,4-8,10,12-14H2,1-3H3,(H,20,21). The van der Waals surface area contributed by atoms with E-state index in [0.29, 0.717) is 26.1 Å². The number of nitrogens with one attached hydrogen (secondary N) is 1. The number of hydrogen-bond donors (Lipinski definition) is 1. The first-order chi connectivity index (χ1) is 11.2. The lowest BCUT2D eigenvalue weighted by molar-refractivity contribution is -0.121. The molecule has 0 bridgehead atoms. The van der Waals surface area contributed by atoms with Crippen LogP contribution < -0.4 is 14.8 Å². The molecule has 0 aliphatic heterocycles. The van der Waals surface area contributed by atoms with Crippen LogP contribution in [0.4, 0.5) is 0 Å². The molecule has 0 spiro atoms. The fourth-order valence-corrected chi connectivity index (χ4v) is 2.17. The number of carbonyl (C=O) groups is 1. The molecule has 0 aromatic heterocycles. The molecule has 0 saturated carbocycles. The normalized spacial score (nSPS) is 10.4. The molecule has 4 nitrogen and oxygen atoms in total. The summed E-state index contributed by atoms with van der Waals surface area (Å²) in [6.45, 7) is 8.29. The van der Waals surface area contributed by atoms with Crippen LogP contribution in [0.15, 0.2) is 18.2 Å². The Bertz CT molecular complexity index is 460. The van der Waals surface area contributed by atoms with Crippen LogP contribution in [0.5, 0.6) is 11.5 Å². The molecule has 130 valence electrons. The second kappa shape index (κ2) is 11.8. The molecule has 0 heterocycles. The molecule has 1 amide bonds. The summed E-state index contributed by atoms with van der Waals surface area (Å²) in [5.74, 6) is 1.67. The summed E-state index contributed by atoms with van der Waals surface area (Å²) in [6, 6.07) is 5.96. The maximum absolute atomic E-state index is 11.8. The van der Waals surface area contributed by atoms with Crippen molar-refractivity contribution in [2.45, 2.75) is 59.3 Å². The molecule has 1 aromatic carbocycles. The van der Waals surface area contributed by atoms with Gasteiger partial charge in [0.05, 0.1) is 13.2 Å². The van der Waals surface area contributed by atoms with Crippen LogP contribution in [0.25, 0.3) is 0 Å². The van der Waals surface area contributed by atoms with E-state index < -0.39 is 0 Å². The Balaban J connectivity index is 2.55. The van der Waals surface area contributed by atoms with Crippen molar-refractivity contribution in [2.75, 3.05) is 19.8 Å². The van der Waals surface area contributed by atoms with Crippen molar-refractivity contribution in [3.05, 3.63) is 23.8 Å². The number of amides is 1. The van der Waals surface area contributed by atoms with Gasteiger partial charge in [-0.15, -0.1) is 0 Å². The first kappa shape index (κ1) is 19.3. The minimum absolute atomic E-state index is 0.111. The summed E-state index contributed by atoms with van der Waals surface area (Å²) >= 11 is 0. The third-order valence-corrected chi connectivity index (χ3v) is 3.56. The second-order valence-corrected chi connectivity index (χ2v) is 5.62. The van der Waals surface area contributed by atoms with Crippen molar-refractivity contribution in [3.8, 4) is 11.5 Å². The number of benzene rings is 1. The summed E-state index contributed by atoms with van der Waals surface area (Å²) in [5, 5.41) is 2.94. The Kier molecular flexibility index (Phi) is 9.92. The molecule has 0 saturated heterocycles. The Hall–Kier alpha value is -1.71. The molecular weight excluding hydrogens is 290 g/mol. The van der Waals surface area contributed by atoms with E-state index >= 15 is 0 Å². The average molecular weight is 321 g/mol. The fourth-order valence-electron chi connectivity index (χ4n) is 2.17. The molecule has 0 atom stereocenters. The smallest absolute Gasteiger partial charge is 0.220 e. The van der Waals surface area contributed by atoms with E-state index in [4.69, 9.17) is 9.47 Å². The highest BCUT2D eigenvalue weighted by Gasteiger charge is 2.08. The molecule has 23 heavy (non-hydrogen) atoms. The van der Waals surface area contributed by atoms with Gasteiger partial charge in [0.1, 0.15) is 0 Å². The monoisotopic (exact) mass is 321 g/mol. The molecule has 0 unspecified atom stereocenters. The Morgan fingerprint density at radius 1 is 1.04 bits per heavy atom. The number of aryl methyl sites for hydroxylation is 1. The van der Waals surface area contributed by atoms with Gasteiger partial charge in [0.25, 0.3) is 0 Å². The maximum atomic E-state index is 11.8. The van der Waals surface area contributed by atoms with Crippen LogP contribution in [0.1, 0.15) is 58.4 Å². The summed E-state index contributed by atoms with van der Waals surface area (Å²) < 4.78 is 11.4. The van der Waals surface area contributed by atoms with Gasteiger partial charge in [-0.3, -0.25) is 4.79 Å². The summed E-state index contributed by atoms with van der Waals surface area (Å²) in [5.41, 5.74) is 1.10. The fraction of sp³-hybridized carbons (Fsp3) is 0.632. The number of ether oxygens (including phenoxy) is 2. The van der Waals surface area contributed by atoms with E-state index in [9.17, 15) is 4.79 Å². The first-order valence-corrected chi connectivity index (χ1v) is 8.86. The zero-order valence-corrected chi connectivity index (χ0v) is 14.8. The quantitative estimate of drug-likeness (QED) is 0.589. The summed E-state index contributed by atoms with van der Waals surface area (Å²) in [7, 11) is 0. The van der Waals surface area contributed by atoms with Crippen molar-refractivity contribution in [1.29, 1.82) is 0 Å². The minimum Gasteiger partial charge on any atom is -0.490 e. The second-order valence-electron chi connectivity index (χ2n) is 5.62. The van der Waals surface area contributed by atoms with Crippen molar-refractivity contribution in [2.24, 2.45) is 0 Å². The number of hydrogen-bond acceptors (Lipinski definition) is 3. The topological polar surface area (TPSA) is 47.6 Å². The van der Waals surface area contributed by atoms with Gasteiger partial charge in [-0.2, -0.15) is 0 Å². The van der Waals surface area contributed by atoms with E-state index in [1.54, 1.807) is 0 Å². The third-order valence-electron chi connectivity index (χ3n) is 3.56. The van der Waals surface area contributed by atoms with Gasteiger partial charge < -0.3 is 14.8 Å². The van der Waals surface area contributed by atoms with Crippen LogP contribution in [0.3, 0.4) is 0 Å². The molecule has 1 N–H and O–H groups in total. The summed E-state index contributed by atoms with van der Waals surface area (Å²) in [6.07, 6.45) is 5.49. The lowest BCUT2D eigenvalue weighted by Crippen LogP contribution is -2.24. The van der Waals surface area contributed by atoms with Crippen molar-refractivity contribution in [3.63, 3.8) is 0 Å². The Labute approximate surface area is 140 Å². The van der Waals surface area contributed by atoms with Gasteiger partial charge in [-0.1, -0.05) is 32.8 Å². The minimum atomic E-state index is 0.111. The zero-order chi connectivity index (χ0) is 16.9. The molecular formula is C19H31NO3. The van der Waals surface area contributed by atoms with Crippen LogP contribution in [0.2, 0.25) is 0 Å². The van der Waals surface area contributed by atoms with Crippen molar-refractivity contribution >= 4 is 5.91 Å². The lowest BCUT2D eigenvalue weighted by Gasteiger charge is -2.13. The SMILES string of the molecule is CCCCNC(=O)CCc1ccc(OCCCC)c(OCC)c1. The van der Waals surface area contributed by atoms with E-state index in [1.165, 1.54) is 0 Å². The molecule has 1 aromatic rings. The molecule has 1 rings (SSSR count). The maximum Gasteiger partial charge on any atom is 0.220 e. The highest BCUT2D eigenvalue weighted by molar-refractivity contribution is 5.76. The molecule has 0 aliphatic rings. The van der Waals surface area contributed by atoms with E-state index in [1.807, 2.05) is 25.1 Å². The zero-order valence-electron chi connectivity index (χ0n) is 14.8. The van der Waals surface area contributed by atoms with E-state index in [0.717, 1.165) is 49.3 Å². The third kappa shape index (κ3) is 7.91. The number of carbonyl (C=O) groups excluding carboxylic acids is 1. The predicted molar refractivity (Wildman–Crippen MR) is 94.3 cm³/mol. The predicted octanol–water partition coefficient (Wildman–Crippen LogP) is 4.11. The molecule has 4 heteroatoms. The number of rotatable bonds is 12. The van der Waals surface area contributed by atoms with Gasteiger partial charge in [-0.05, 0) is 43.9 Å².